The number of amides is 2. The number of nitrogens with zero attached hydrogens (tertiary/aromatic N) is 3. The van der Waals surface area contributed by atoms with E-state index in [0.717, 1.165) is 45.2 Å². The summed E-state index contributed by atoms with van der Waals surface area (Å²) in [4.78, 5) is 26.9. The molecule has 2 aliphatic rings. The Bertz CT molecular complexity index is 794. The summed E-state index contributed by atoms with van der Waals surface area (Å²) in [6.07, 6.45) is 4.43. The molecule has 1 aliphatic heterocycles. The van der Waals surface area contributed by atoms with Gasteiger partial charge in [0, 0.05) is 19.0 Å². The molecule has 1 aliphatic carbocycles. The molecule has 2 N–H and O–H groups in total. The maximum absolute atomic E-state index is 12.7. The first-order valence-electron chi connectivity index (χ1n) is 8.80. The quantitative estimate of drug-likeness (QED) is 0.892. The summed E-state index contributed by atoms with van der Waals surface area (Å²) < 4.78 is 0. The molecule has 7 nitrogen and oxygen atoms in total. The topological polar surface area (TPSA) is 91.0 Å². The Morgan fingerprint density at radius 1 is 1.12 bits per heavy atom. The van der Waals surface area contributed by atoms with Gasteiger partial charge >= 0.3 is 0 Å². The summed E-state index contributed by atoms with van der Waals surface area (Å²) >= 11 is 0. The molecule has 2 aromatic rings. The molecule has 1 atom stereocenters. The van der Waals surface area contributed by atoms with Crippen molar-refractivity contribution in [3.05, 3.63) is 41.1 Å². The van der Waals surface area contributed by atoms with Crippen LogP contribution in [-0.2, 0) is 17.6 Å². The summed E-state index contributed by atoms with van der Waals surface area (Å²) in [5.74, 6) is -0.142. The summed E-state index contributed by atoms with van der Waals surface area (Å²) in [5.41, 5.74) is 2.74. The van der Waals surface area contributed by atoms with E-state index in [9.17, 15) is 9.59 Å². The smallest absolute Gasteiger partial charge is 0.278 e. The van der Waals surface area contributed by atoms with Crippen molar-refractivity contribution in [1.29, 1.82) is 0 Å². The Kier molecular flexibility index (Phi) is 4.21. The molecule has 1 aromatic carbocycles. The number of rotatable bonds is 3. The van der Waals surface area contributed by atoms with Gasteiger partial charge in [0.1, 0.15) is 0 Å². The molecule has 0 spiro atoms. The van der Waals surface area contributed by atoms with E-state index in [2.05, 4.69) is 32.9 Å². The van der Waals surface area contributed by atoms with Gasteiger partial charge in [-0.1, -0.05) is 24.3 Å². The zero-order valence-electron chi connectivity index (χ0n) is 14.0. The van der Waals surface area contributed by atoms with E-state index in [-0.39, 0.29) is 29.2 Å². The molecule has 2 amide bonds. The van der Waals surface area contributed by atoms with Crippen molar-refractivity contribution in [1.82, 2.24) is 20.3 Å². The number of nitrogens with one attached hydrogen (secondary N) is 2. The lowest BCUT2D eigenvalue weighted by Gasteiger charge is -2.23. The highest BCUT2D eigenvalue weighted by molar-refractivity contribution is 6.01. The van der Waals surface area contributed by atoms with Crippen molar-refractivity contribution in [3.63, 3.8) is 0 Å². The maximum Gasteiger partial charge on any atom is 0.278 e. The third kappa shape index (κ3) is 3.14. The Labute approximate surface area is 145 Å². The lowest BCUT2D eigenvalue weighted by Crippen LogP contribution is -2.31. The Balaban J connectivity index is 1.45. The number of likely N-dealkylation sites (tertiary alicyclic amines) is 1. The third-order valence-electron chi connectivity index (χ3n) is 5.10. The number of aryl methyl sites for hydroxylation is 1. The molecule has 1 aromatic heterocycles. The van der Waals surface area contributed by atoms with E-state index in [1.165, 1.54) is 11.1 Å². The van der Waals surface area contributed by atoms with Crippen LogP contribution in [0.2, 0.25) is 0 Å². The minimum Gasteiger partial charge on any atom is -0.337 e. The van der Waals surface area contributed by atoms with Crippen LogP contribution < -0.4 is 5.32 Å². The fourth-order valence-electron chi connectivity index (χ4n) is 3.68. The summed E-state index contributed by atoms with van der Waals surface area (Å²) in [6, 6.07) is 8.23. The van der Waals surface area contributed by atoms with Crippen molar-refractivity contribution in [3.8, 4) is 0 Å². The number of H-pyrrole nitrogens is 1. The van der Waals surface area contributed by atoms with Crippen LogP contribution in [0.25, 0.3) is 0 Å². The second-order valence-corrected chi connectivity index (χ2v) is 6.72. The maximum atomic E-state index is 12.7. The zero-order chi connectivity index (χ0) is 17.2. The number of carbonyl (C=O) groups is 2. The van der Waals surface area contributed by atoms with Crippen LogP contribution >= 0.6 is 0 Å². The van der Waals surface area contributed by atoms with Crippen LogP contribution in [0.15, 0.2) is 24.3 Å². The number of carbonyl (C=O) groups excluding carboxylic acids is 2. The molecule has 2 heterocycles. The number of hydrogen-bond acceptors (Lipinski definition) is 4. The Morgan fingerprint density at radius 2 is 1.88 bits per heavy atom. The van der Waals surface area contributed by atoms with E-state index in [0.29, 0.717) is 0 Å². The normalized spacial score (nSPS) is 19.5. The van der Waals surface area contributed by atoms with Crippen molar-refractivity contribution in [2.45, 2.75) is 32.1 Å². The van der Waals surface area contributed by atoms with Gasteiger partial charge in [0.15, 0.2) is 11.5 Å². The van der Waals surface area contributed by atoms with Gasteiger partial charge in [-0.2, -0.15) is 5.21 Å². The zero-order valence-corrected chi connectivity index (χ0v) is 14.0. The molecular weight excluding hydrogens is 318 g/mol. The first-order chi connectivity index (χ1) is 12.2. The van der Waals surface area contributed by atoms with Crippen molar-refractivity contribution < 1.29 is 9.59 Å². The highest BCUT2D eigenvalue weighted by atomic mass is 16.2. The summed E-state index contributed by atoms with van der Waals surface area (Å²) in [6.45, 7) is 1.47. The van der Waals surface area contributed by atoms with E-state index < -0.39 is 0 Å². The number of benzene rings is 1. The minimum absolute atomic E-state index is 0.0983. The van der Waals surface area contributed by atoms with Gasteiger partial charge in [0.2, 0.25) is 5.91 Å². The second-order valence-electron chi connectivity index (χ2n) is 6.72. The largest absolute Gasteiger partial charge is 0.337 e. The molecule has 1 fully saturated rings. The highest BCUT2D eigenvalue weighted by Crippen LogP contribution is 2.26. The minimum atomic E-state index is -0.171. The van der Waals surface area contributed by atoms with E-state index in [1.807, 2.05) is 12.1 Å². The lowest BCUT2D eigenvalue weighted by molar-refractivity contribution is -0.120. The van der Waals surface area contributed by atoms with Gasteiger partial charge in [-0.05, 0) is 43.2 Å². The van der Waals surface area contributed by atoms with Crippen molar-refractivity contribution in [2.75, 3.05) is 18.4 Å². The molecule has 1 saturated heterocycles. The monoisotopic (exact) mass is 339 g/mol. The van der Waals surface area contributed by atoms with Gasteiger partial charge in [0.05, 0.1) is 0 Å². The van der Waals surface area contributed by atoms with Gasteiger partial charge in [-0.25, -0.2) is 0 Å². The number of fused-ring (bicyclic) bond motifs is 1. The molecule has 0 radical (unpaired) electrons. The summed E-state index contributed by atoms with van der Waals surface area (Å²) in [7, 11) is 0. The van der Waals surface area contributed by atoms with E-state index in [1.54, 1.807) is 4.90 Å². The SMILES string of the molecule is O=C(Nc1n[nH]nc1C(=O)N1CCCC1)C1CCc2ccccc2C1. The predicted octanol–water partition coefficient (Wildman–Crippen LogP) is 1.78. The highest BCUT2D eigenvalue weighted by Gasteiger charge is 2.29. The molecule has 7 heteroatoms. The van der Waals surface area contributed by atoms with E-state index >= 15 is 0 Å². The number of anilines is 1. The first-order valence-corrected chi connectivity index (χ1v) is 8.80. The molecule has 130 valence electrons. The van der Waals surface area contributed by atoms with Crippen LogP contribution in [0.5, 0.6) is 0 Å². The molecule has 25 heavy (non-hydrogen) atoms. The van der Waals surface area contributed by atoms with Gasteiger partial charge in [-0.15, -0.1) is 10.2 Å². The first kappa shape index (κ1) is 15.8. The number of aromatic nitrogens is 3. The third-order valence-corrected chi connectivity index (χ3v) is 5.10. The molecule has 1 unspecified atom stereocenters. The fraction of sp³-hybridized carbons (Fsp3) is 0.444. The van der Waals surface area contributed by atoms with Crippen LogP contribution in [0.3, 0.4) is 0 Å². The van der Waals surface area contributed by atoms with Crippen molar-refractivity contribution in [2.24, 2.45) is 5.92 Å². The number of aromatic amines is 1. The van der Waals surface area contributed by atoms with E-state index in [4.69, 9.17) is 0 Å². The average molecular weight is 339 g/mol. The van der Waals surface area contributed by atoms with Gasteiger partial charge in [-0.3, -0.25) is 9.59 Å². The predicted molar refractivity (Wildman–Crippen MR) is 92.1 cm³/mol. The van der Waals surface area contributed by atoms with Crippen LogP contribution in [-0.4, -0.2) is 45.2 Å². The van der Waals surface area contributed by atoms with Crippen LogP contribution in [0.1, 0.15) is 40.9 Å². The number of hydrogen-bond donors (Lipinski definition) is 2. The van der Waals surface area contributed by atoms with Crippen molar-refractivity contribution >= 4 is 17.6 Å². The molecule has 0 bridgehead atoms. The van der Waals surface area contributed by atoms with Gasteiger partial charge in [0.25, 0.3) is 5.91 Å². The Hall–Kier alpha value is -2.70. The Morgan fingerprint density at radius 3 is 2.68 bits per heavy atom. The lowest BCUT2D eigenvalue weighted by atomic mass is 9.83. The fourth-order valence-corrected chi connectivity index (χ4v) is 3.68. The average Bonchev–Trinajstić information content (AvgIpc) is 3.32. The van der Waals surface area contributed by atoms with Crippen LogP contribution in [0.4, 0.5) is 5.82 Å². The van der Waals surface area contributed by atoms with Crippen LogP contribution in [0, 0.1) is 5.92 Å². The molecular formula is C18H21N5O2. The summed E-state index contributed by atoms with van der Waals surface area (Å²) in [5, 5.41) is 13.2. The second kappa shape index (κ2) is 6.66. The molecule has 4 rings (SSSR count). The standard InChI is InChI=1S/C18H21N5O2/c24-17(14-8-7-12-5-1-2-6-13(12)11-14)19-16-15(20-22-21-16)18(25)23-9-3-4-10-23/h1-2,5-6,14H,3-4,7-11H2,(H2,19,20,21,22,24). The van der Waals surface area contributed by atoms with Gasteiger partial charge < -0.3 is 10.2 Å². The molecule has 0 saturated carbocycles.